The summed E-state index contributed by atoms with van der Waals surface area (Å²) in [6.45, 7) is 3.74. The first-order valence-electron chi connectivity index (χ1n) is 5.74. The van der Waals surface area contributed by atoms with Gasteiger partial charge in [-0.3, -0.25) is 4.79 Å². The van der Waals surface area contributed by atoms with Crippen molar-refractivity contribution in [3.05, 3.63) is 22.4 Å². The third-order valence-electron chi connectivity index (χ3n) is 2.66. The van der Waals surface area contributed by atoms with Gasteiger partial charge in [-0.2, -0.15) is 0 Å². The summed E-state index contributed by atoms with van der Waals surface area (Å²) in [6.07, 6.45) is 0.173. The number of amides is 1. The molecule has 0 aliphatic rings. The van der Waals surface area contributed by atoms with Crippen molar-refractivity contribution in [2.75, 3.05) is 20.2 Å². The van der Waals surface area contributed by atoms with Crippen LogP contribution in [0, 0.1) is 0 Å². The molecule has 1 aromatic heterocycles. The van der Waals surface area contributed by atoms with Gasteiger partial charge < -0.3 is 15.4 Å². The van der Waals surface area contributed by atoms with E-state index in [4.69, 9.17) is 10.5 Å². The van der Waals surface area contributed by atoms with Gasteiger partial charge in [0, 0.05) is 25.1 Å². The lowest BCUT2D eigenvalue weighted by Crippen LogP contribution is -2.35. The maximum Gasteiger partial charge on any atom is 0.225 e. The maximum atomic E-state index is 12.0. The van der Waals surface area contributed by atoms with E-state index in [1.165, 1.54) is 4.88 Å². The lowest BCUT2D eigenvalue weighted by atomic mass is 10.2. The zero-order valence-corrected chi connectivity index (χ0v) is 12.4. The minimum atomic E-state index is -0.181. The van der Waals surface area contributed by atoms with Crippen molar-refractivity contribution in [2.45, 2.75) is 26.0 Å². The summed E-state index contributed by atoms with van der Waals surface area (Å²) in [5.74, 6) is 0.0956. The minimum Gasteiger partial charge on any atom is -0.380 e. The van der Waals surface area contributed by atoms with Crippen LogP contribution in [0.1, 0.15) is 18.2 Å². The van der Waals surface area contributed by atoms with E-state index in [0.29, 0.717) is 26.1 Å². The number of hydrogen-bond donors (Lipinski definition) is 1. The highest BCUT2D eigenvalue weighted by Gasteiger charge is 2.17. The Labute approximate surface area is 119 Å². The first-order valence-corrected chi connectivity index (χ1v) is 6.62. The Kier molecular flexibility index (Phi) is 9.01. The predicted molar refractivity (Wildman–Crippen MR) is 77.1 cm³/mol. The second-order valence-electron chi connectivity index (χ2n) is 3.78. The van der Waals surface area contributed by atoms with Gasteiger partial charge in [0.2, 0.25) is 5.91 Å². The molecule has 0 aliphatic carbocycles. The summed E-state index contributed by atoms with van der Waals surface area (Å²) < 4.78 is 5.13. The van der Waals surface area contributed by atoms with Crippen LogP contribution < -0.4 is 5.73 Å². The van der Waals surface area contributed by atoms with E-state index >= 15 is 0 Å². The van der Waals surface area contributed by atoms with Crippen LogP contribution in [0.15, 0.2) is 17.5 Å². The summed E-state index contributed by atoms with van der Waals surface area (Å²) >= 11 is 1.66. The van der Waals surface area contributed by atoms with Crippen LogP contribution in [-0.2, 0) is 16.1 Å². The standard InChI is InChI=1S/C12H20N2O2S.ClH/c1-3-14(9-11-5-4-6-17-11)12(15)7-10(8-13)16-2;/h4-6,10H,3,7-9,13H2,1-2H3;1H. The van der Waals surface area contributed by atoms with Crippen LogP contribution in [0.5, 0.6) is 0 Å². The molecule has 2 N–H and O–H groups in total. The molecule has 0 radical (unpaired) electrons. The number of rotatable bonds is 7. The van der Waals surface area contributed by atoms with Crippen molar-refractivity contribution < 1.29 is 9.53 Å². The molecule has 1 heterocycles. The highest BCUT2D eigenvalue weighted by atomic mass is 35.5. The fourth-order valence-electron chi connectivity index (χ4n) is 1.55. The van der Waals surface area contributed by atoms with Crippen molar-refractivity contribution >= 4 is 29.7 Å². The molecule has 6 heteroatoms. The third-order valence-corrected chi connectivity index (χ3v) is 3.52. The Morgan fingerprint density at radius 1 is 1.61 bits per heavy atom. The molecular formula is C12H21ClN2O2S. The first kappa shape index (κ1) is 17.4. The Morgan fingerprint density at radius 3 is 2.78 bits per heavy atom. The average molecular weight is 293 g/mol. The monoisotopic (exact) mass is 292 g/mol. The number of carbonyl (C=O) groups excluding carboxylic acids is 1. The van der Waals surface area contributed by atoms with Crippen molar-refractivity contribution in [3.8, 4) is 0 Å². The molecule has 18 heavy (non-hydrogen) atoms. The van der Waals surface area contributed by atoms with Gasteiger partial charge in [-0.1, -0.05) is 6.07 Å². The zero-order chi connectivity index (χ0) is 12.7. The van der Waals surface area contributed by atoms with Crippen molar-refractivity contribution in [3.63, 3.8) is 0 Å². The van der Waals surface area contributed by atoms with Gasteiger partial charge in [-0.15, -0.1) is 23.7 Å². The van der Waals surface area contributed by atoms with E-state index in [-0.39, 0.29) is 24.4 Å². The fourth-order valence-corrected chi connectivity index (χ4v) is 2.27. The number of nitrogens with two attached hydrogens (primary N) is 1. The molecule has 0 fully saturated rings. The van der Waals surface area contributed by atoms with E-state index in [0.717, 1.165) is 0 Å². The largest absolute Gasteiger partial charge is 0.380 e. The van der Waals surface area contributed by atoms with E-state index < -0.39 is 0 Å². The molecule has 0 spiro atoms. The van der Waals surface area contributed by atoms with E-state index in [1.54, 1.807) is 18.4 Å². The molecule has 0 aliphatic heterocycles. The van der Waals surface area contributed by atoms with Crippen molar-refractivity contribution in [1.82, 2.24) is 4.90 Å². The van der Waals surface area contributed by atoms with Gasteiger partial charge in [-0.05, 0) is 18.4 Å². The van der Waals surface area contributed by atoms with Gasteiger partial charge in [0.1, 0.15) is 0 Å². The van der Waals surface area contributed by atoms with Gasteiger partial charge in [0.05, 0.1) is 19.1 Å². The number of methoxy groups -OCH3 is 1. The van der Waals surface area contributed by atoms with E-state index in [9.17, 15) is 4.79 Å². The quantitative estimate of drug-likeness (QED) is 0.835. The number of halogens is 1. The van der Waals surface area contributed by atoms with E-state index in [2.05, 4.69) is 0 Å². The van der Waals surface area contributed by atoms with Crippen LogP contribution in [0.4, 0.5) is 0 Å². The lowest BCUT2D eigenvalue weighted by molar-refractivity contribution is -0.134. The predicted octanol–water partition coefficient (Wildman–Crippen LogP) is 1.88. The summed E-state index contributed by atoms with van der Waals surface area (Å²) in [5, 5.41) is 2.02. The summed E-state index contributed by atoms with van der Waals surface area (Å²) in [6, 6.07) is 4.04. The molecule has 0 saturated heterocycles. The number of ether oxygens (including phenoxy) is 1. The Hall–Kier alpha value is -0.620. The zero-order valence-electron chi connectivity index (χ0n) is 10.8. The van der Waals surface area contributed by atoms with Crippen LogP contribution in [0.2, 0.25) is 0 Å². The number of hydrogen-bond acceptors (Lipinski definition) is 4. The molecule has 0 aromatic carbocycles. The average Bonchev–Trinajstić information content (AvgIpc) is 2.85. The topological polar surface area (TPSA) is 55.6 Å². The van der Waals surface area contributed by atoms with Gasteiger partial charge in [-0.25, -0.2) is 0 Å². The SMILES string of the molecule is CCN(Cc1cccs1)C(=O)CC(CN)OC.Cl. The van der Waals surface area contributed by atoms with Crippen molar-refractivity contribution in [1.29, 1.82) is 0 Å². The lowest BCUT2D eigenvalue weighted by Gasteiger charge is -2.22. The summed E-state index contributed by atoms with van der Waals surface area (Å²) in [4.78, 5) is 15.0. The molecule has 0 saturated carbocycles. The molecule has 1 amide bonds. The fraction of sp³-hybridized carbons (Fsp3) is 0.583. The van der Waals surface area contributed by atoms with Gasteiger partial charge in [0.25, 0.3) is 0 Å². The normalized spacial score (nSPS) is 11.7. The van der Waals surface area contributed by atoms with Gasteiger partial charge in [0.15, 0.2) is 0 Å². The second kappa shape index (κ2) is 9.33. The highest BCUT2D eigenvalue weighted by molar-refractivity contribution is 7.09. The molecule has 1 unspecified atom stereocenters. The Bertz CT molecular complexity index is 329. The van der Waals surface area contributed by atoms with E-state index in [1.807, 2.05) is 29.3 Å². The number of carbonyl (C=O) groups is 1. The minimum absolute atomic E-state index is 0. The molecule has 104 valence electrons. The molecule has 1 atom stereocenters. The molecule has 4 nitrogen and oxygen atoms in total. The summed E-state index contributed by atoms with van der Waals surface area (Å²) in [5.41, 5.74) is 5.52. The van der Waals surface area contributed by atoms with Crippen LogP contribution in [0.3, 0.4) is 0 Å². The summed E-state index contributed by atoms with van der Waals surface area (Å²) in [7, 11) is 1.58. The first-order chi connectivity index (χ1) is 8.21. The maximum absolute atomic E-state index is 12.0. The third kappa shape index (κ3) is 5.35. The van der Waals surface area contributed by atoms with Gasteiger partial charge >= 0.3 is 0 Å². The van der Waals surface area contributed by atoms with Crippen molar-refractivity contribution in [2.24, 2.45) is 5.73 Å². The Balaban J connectivity index is 0.00000289. The number of thiophene rings is 1. The van der Waals surface area contributed by atoms with Crippen LogP contribution in [0.25, 0.3) is 0 Å². The molecule has 1 aromatic rings. The van der Waals surface area contributed by atoms with Crippen LogP contribution >= 0.6 is 23.7 Å². The Morgan fingerprint density at radius 2 is 2.33 bits per heavy atom. The molecule has 1 rings (SSSR count). The molecular weight excluding hydrogens is 272 g/mol. The molecule has 0 bridgehead atoms. The van der Waals surface area contributed by atoms with Crippen LogP contribution in [-0.4, -0.2) is 37.1 Å². The smallest absolute Gasteiger partial charge is 0.225 e. The number of nitrogens with zero attached hydrogens (tertiary/aromatic N) is 1. The highest BCUT2D eigenvalue weighted by Crippen LogP contribution is 2.13. The second-order valence-corrected chi connectivity index (χ2v) is 4.82.